The minimum absolute atomic E-state index is 0.0166. The molecule has 0 aliphatic heterocycles. The van der Waals surface area contributed by atoms with E-state index < -0.39 is 0 Å². The van der Waals surface area contributed by atoms with Crippen LogP contribution >= 0.6 is 0 Å². The Morgan fingerprint density at radius 2 is 1.12 bits per heavy atom. The van der Waals surface area contributed by atoms with Crippen LogP contribution in [-0.4, -0.2) is 9.55 Å². The van der Waals surface area contributed by atoms with Crippen LogP contribution in [0.1, 0.15) is 146 Å². The van der Waals surface area contributed by atoms with Gasteiger partial charge in [-0.3, -0.25) is 0 Å². The molecule has 0 bridgehead atoms. The molecule has 2 nitrogen and oxygen atoms in total. The first-order valence-electron chi connectivity index (χ1n) is 16.7. The lowest BCUT2D eigenvalue weighted by molar-refractivity contribution is 0.326. The molecule has 220 valence electrons. The molecule has 1 heterocycles. The molecule has 2 atom stereocenters. The fourth-order valence-electron chi connectivity index (χ4n) is 6.61. The number of aromatic nitrogens is 2. The second kappa shape index (κ2) is 18.9. The van der Waals surface area contributed by atoms with Crippen LogP contribution < -0.4 is 0 Å². The smallest absolute Gasteiger partial charge is 0.112 e. The van der Waals surface area contributed by atoms with Gasteiger partial charge in [0.25, 0.3) is 0 Å². The van der Waals surface area contributed by atoms with Gasteiger partial charge in [0.1, 0.15) is 5.82 Å². The third kappa shape index (κ3) is 10.9. The highest BCUT2D eigenvalue weighted by Gasteiger charge is 2.38. The van der Waals surface area contributed by atoms with Crippen molar-refractivity contribution >= 4 is 0 Å². The Morgan fingerprint density at radius 1 is 0.650 bits per heavy atom. The molecule has 0 amide bonds. The Morgan fingerprint density at radius 3 is 1.60 bits per heavy atom. The molecule has 0 spiro atoms. The monoisotopic (exact) mass is 542 g/mol. The van der Waals surface area contributed by atoms with Gasteiger partial charge < -0.3 is 4.57 Å². The summed E-state index contributed by atoms with van der Waals surface area (Å²) >= 11 is 0. The van der Waals surface area contributed by atoms with Crippen molar-refractivity contribution in [3.8, 4) is 0 Å². The number of rotatable bonds is 22. The van der Waals surface area contributed by atoms with E-state index in [1.807, 2.05) is 6.20 Å². The zero-order chi connectivity index (χ0) is 28.3. The molecule has 2 unspecified atom stereocenters. The van der Waals surface area contributed by atoms with E-state index in [1.165, 1.54) is 126 Å². The van der Waals surface area contributed by atoms with Gasteiger partial charge in [0.15, 0.2) is 0 Å². The molecule has 3 rings (SSSR count). The number of nitrogens with zero attached hydrogens (tertiary/aromatic N) is 2. The minimum atomic E-state index is -0.0166. The predicted octanol–water partition coefficient (Wildman–Crippen LogP) is 11.4. The Bertz CT molecular complexity index is 1010. The molecule has 0 N–H and O–H groups in total. The van der Waals surface area contributed by atoms with Gasteiger partial charge in [-0.25, -0.2) is 4.98 Å². The average Bonchev–Trinajstić information content (AvgIpc) is 3.40. The van der Waals surface area contributed by atoms with Crippen LogP contribution in [0.4, 0.5) is 0 Å². The van der Waals surface area contributed by atoms with Gasteiger partial charge in [-0.05, 0) is 24.0 Å². The number of unbranched alkanes of at least 4 members (excludes halogenated alkanes) is 15. The van der Waals surface area contributed by atoms with Gasteiger partial charge in [0.2, 0.25) is 0 Å². The molecule has 40 heavy (non-hydrogen) atoms. The molecular formula is C38H58N2. The quantitative estimate of drug-likeness (QED) is 0.115. The van der Waals surface area contributed by atoms with Crippen LogP contribution in [0.15, 0.2) is 73.1 Å². The normalized spacial score (nSPS) is 13.8. The van der Waals surface area contributed by atoms with Gasteiger partial charge in [0, 0.05) is 30.8 Å². The van der Waals surface area contributed by atoms with E-state index in [2.05, 4.69) is 92.3 Å². The highest BCUT2D eigenvalue weighted by Crippen LogP contribution is 2.44. The molecule has 2 heteroatoms. The Kier molecular flexibility index (Phi) is 15.2. The summed E-state index contributed by atoms with van der Waals surface area (Å²) < 4.78 is 2.25. The zero-order valence-corrected chi connectivity index (χ0v) is 26.1. The first-order valence-corrected chi connectivity index (χ1v) is 16.7. The molecule has 0 saturated heterocycles. The second-order valence-corrected chi connectivity index (χ2v) is 12.5. The number of hydrogen-bond acceptors (Lipinski definition) is 1. The second-order valence-electron chi connectivity index (χ2n) is 12.5. The standard InChI is InChI=1S/C38H58N2/c1-4-5-6-7-8-9-10-11-12-13-14-15-16-17-18-25-30-36(37-39-31-32-40(37)3)38(2,35-28-23-20-24-29-35)33-34-26-21-19-22-27-34/h19-24,26-29,31-32,36H,4-18,25,30,33H2,1-3H3. The van der Waals surface area contributed by atoms with Crippen LogP contribution in [0.2, 0.25) is 0 Å². The van der Waals surface area contributed by atoms with Crippen LogP contribution in [0.3, 0.4) is 0 Å². The lowest BCUT2D eigenvalue weighted by Gasteiger charge is -2.39. The summed E-state index contributed by atoms with van der Waals surface area (Å²) in [6.45, 7) is 4.77. The fraction of sp³-hybridized carbons (Fsp3) is 0.605. The summed E-state index contributed by atoms with van der Waals surface area (Å²) in [5.41, 5.74) is 2.81. The summed E-state index contributed by atoms with van der Waals surface area (Å²) in [5, 5.41) is 0. The topological polar surface area (TPSA) is 17.8 Å². The largest absolute Gasteiger partial charge is 0.338 e. The van der Waals surface area contributed by atoms with Gasteiger partial charge >= 0.3 is 0 Å². The number of hydrogen-bond donors (Lipinski definition) is 0. The lowest BCUT2D eigenvalue weighted by Crippen LogP contribution is -2.34. The minimum Gasteiger partial charge on any atom is -0.338 e. The van der Waals surface area contributed by atoms with Crippen LogP contribution in [-0.2, 0) is 18.9 Å². The first-order chi connectivity index (χ1) is 19.6. The number of imidazole rings is 1. The highest BCUT2D eigenvalue weighted by atomic mass is 15.0. The maximum absolute atomic E-state index is 4.90. The van der Waals surface area contributed by atoms with Gasteiger partial charge in [-0.15, -0.1) is 0 Å². The van der Waals surface area contributed by atoms with Crippen molar-refractivity contribution in [1.29, 1.82) is 0 Å². The summed E-state index contributed by atoms with van der Waals surface area (Å²) in [7, 11) is 2.16. The van der Waals surface area contributed by atoms with E-state index in [4.69, 9.17) is 4.98 Å². The fourth-order valence-corrected chi connectivity index (χ4v) is 6.61. The lowest BCUT2D eigenvalue weighted by atomic mass is 9.66. The highest BCUT2D eigenvalue weighted by molar-refractivity contribution is 5.33. The van der Waals surface area contributed by atoms with Crippen LogP contribution in [0, 0.1) is 0 Å². The maximum Gasteiger partial charge on any atom is 0.112 e. The molecule has 0 fully saturated rings. The zero-order valence-electron chi connectivity index (χ0n) is 26.1. The molecule has 0 saturated carbocycles. The molecule has 3 aromatic rings. The van der Waals surface area contributed by atoms with E-state index >= 15 is 0 Å². The predicted molar refractivity (Wildman–Crippen MR) is 174 cm³/mol. The molecule has 0 aliphatic rings. The van der Waals surface area contributed by atoms with Gasteiger partial charge in [0.05, 0.1) is 0 Å². The molecule has 0 radical (unpaired) electrons. The van der Waals surface area contributed by atoms with E-state index in [1.54, 1.807) is 0 Å². The Labute approximate surface area is 247 Å². The summed E-state index contributed by atoms with van der Waals surface area (Å²) in [4.78, 5) is 4.90. The van der Waals surface area contributed by atoms with Crippen molar-refractivity contribution in [3.63, 3.8) is 0 Å². The van der Waals surface area contributed by atoms with E-state index in [-0.39, 0.29) is 5.41 Å². The third-order valence-electron chi connectivity index (χ3n) is 9.13. The average molecular weight is 543 g/mol. The maximum atomic E-state index is 4.90. The number of benzene rings is 2. The Hall–Kier alpha value is -2.35. The summed E-state index contributed by atoms with van der Waals surface area (Å²) in [6.07, 6.45) is 28.9. The van der Waals surface area contributed by atoms with Crippen molar-refractivity contribution in [1.82, 2.24) is 9.55 Å². The SMILES string of the molecule is CCCCCCCCCCCCCCCCCCC(c1nccn1C)C(C)(Cc1ccccc1)c1ccccc1. The van der Waals surface area contributed by atoms with Crippen LogP contribution in [0.25, 0.3) is 0 Å². The Balaban J connectivity index is 1.44. The van der Waals surface area contributed by atoms with Crippen LogP contribution in [0.5, 0.6) is 0 Å². The van der Waals surface area contributed by atoms with Crippen molar-refractivity contribution in [2.24, 2.45) is 7.05 Å². The van der Waals surface area contributed by atoms with Crippen molar-refractivity contribution in [3.05, 3.63) is 90.0 Å². The van der Waals surface area contributed by atoms with Crippen molar-refractivity contribution < 1.29 is 0 Å². The van der Waals surface area contributed by atoms with E-state index in [9.17, 15) is 0 Å². The molecule has 0 aliphatic carbocycles. The first kappa shape index (κ1) is 32.2. The molecule has 2 aromatic carbocycles. The van der Waals surface area contributed by atoms with Gasteiger partial charge in [-0.2, -0.15) is 0 Å². The van der Waals surface area contributed by atoms with E-state index in [0.717, 1.165) is 6.42 Å². The molecular weight excluding hydrogens is 484 g/mol. The summed E-state index contributed by atoms with van der Waals surface area (Å²) in [6, 6.07) is 22.2. The van der Waals surface area contributed by atoms with Crippen molar-refractivity contribution in [2.45, 2.75) is 141 Å². The van der Waals surface area contributed by atoms with E-state index in [0.29, 0.717) is 5.92 Å². The third-order valence-corrected chi connectivity index (χ3v) is 9.13. The van der Waals surface area contributed by atoms with Crippen molar-refractivity contribution in [2.75, 3.05) is 0 Å². The molecule has 1 aromatic heterocycles. The number of aryl methyl sites for hydroxylation is 1. The van der Waals surface area contributed by atoms with Gasteiger partial charge in [-0.1, -0.05) is 177 Å². The summed E-state index contributed by atoms with van der Waals surface area (Å²) in [5.74, 6) is 1.60.